The molecular formula is C27H23ClF2NO+. The minimum atomic E-state index is -0.262. The number of halogens is 3. The predicted octanol–water partition coefficient (Wildman–Crippen LogP) is 7.31. The van der Waals surface area contributed by atoms with E-state index in [4.69, 9.17) is 16.3 Å². The van der Waals surface area contributed by atoms with Crippen LogP contribution in [0.5, 0.6) is 11.5 Å². The molecule has 0 atom stereocenters. The summed E-state index contributed by atoms with van der Waals surface area (Å²) in [5.41, 5.74) is 2.04. The molecule has 0 aliphatic heterocycles. The molecule has 2 nitrogen and oxygen atoms in total. The molecule has 0 spiro atoms. The van der Waals surface area contributed by atoms with E-state index in [1.165, 1.54) is 24.3 Å². The zero-order valence-corrected chi connectivity index (χ0v) is 18.2. The van der Waals surface area contributed by atoms with Crippen LogP contribution in [0, 0.1) is 11.6 Å². The number of aromatic nitrogens is 1. The van der Waals surface area contributed by atoms with E-state index < -0.39 is 0 Å². The van der Waals surface area contributed by atoms with Gasteiger partial charge in [-0.15, -0.1) is 0 Å². The molecule has 0 aliphatic carbocycles. The van der Waals surface area contributed by atoms with Crippen molar-refractivity contribution in [2.24, 2.45) is 0 Å². The SMILES string of the molecule is Fc1ccc(C(CCC[n+]2ccc(Oc3cccc(Cl)c3)cc2)c2ccc(F)cc2)cc1. The zero-order chi connectivity index (χ0) is 22.3. The van der Waals surface area contributed by atoms with Crippen LogP contribution in [-0.2, 0) is 6.54 Å². The third kappa shape index (κ3) is 5.92. The lowest BCUT2D eigenvalue weighted by atomic mass is 9.87. The number of rotatable bonds is 8. The van der Waals surface area contributed by atoms with E-state index >= 15 is 0 Å². The van der Waals surface area contributed by atoms with Crippen molar-refractivity contribution in [2.75, 3.05) is 0 Å². The van der Waals surface area contributed by atoms with Crippen molar-refractivity contribution in [2.45, 2.75) is 25.3 Å². The van der Waals surface area contributed by atoms with Crippen molar-refractivity contribution in [3.8, 4) is 11.5 Å². The first-order chi connectivity index (χ1) is 15.6. The van der Waals surface area contributed by atoms with Gasteiger partial charge in [0, 0.05) is 29.5 Å². The van der Waals surface area contributed by atoms with E-state index in [1.807, 2.05) is 36.7 Å². The Morgan fingerprint density at radius 1 is 0.750 bits per heavy atom. The quantitative estimate of drug-likeness (QED) is 0.256. The van der Waals surface area contributed by atoms with Crippen LogP contribution in [0.25, 0.3) is 0 Å². The van der Waals surface area contributed by atoms with Crippen molar-refractivity contribution < 1.29 is 18.1 Å². The van der Waals surface area contributed by atoms with Crippen LogP contribution in [0.4, 0.5) is 8.78 Å². The molecule has 1 heterocycles. The lowest BCUT2D eigenvalue weighted by Crippen LogP contribution is -2.32. The third-order valence-corrected chi connectivity index (χ3v) is 5.58. The second-order valence-corrected chi connectivity index (χ2v) is 8.07. The highest BCUT2D eigenvalue weighted by molar-refractivity contribution is 6.30. The van der Waals surface area contributed by atoms with E-state index in [0.717, 1.165) is 36.3 Å². The van der Waals surface area contributed by atoms with Crippen LogP contribution in [-0.4, -0.2) is 0 Å². The fourth-order valence-corrected chi connectivity index (χ4v) is 3.90. The van der Waals surface area contributed by atoms with Gasteiger partial charge in [-0.3, -0.25) is 0 Å². The summed E-state index contributed by atoms with van der Waals surface area (Å²) >= 11 is 6.00. The maximum absolute atomic E-state index is 13.4. The van der Waals surface area contributed by atoms with Gasteiger partial charge in [0.15, 0.2) is 12.4 Å². The highest BCUT2D eigenvalue weighted by Crippen LogP contribution is 2.30. The van der Waals surface area contributed by atoms with Crippen LogP contribution < -0.4 is 9.30 Å². The monoisotopic (exact) mass is 450 g/mol. The molecule has 3 aromatic carbocycles. The fraction of sp³-hybridized carbons (Fsp3) is 0.148. The topological polar surface area (TPSA) is 13.1 Å². The molecule has 0 N–H and O–H groups in total. The Bertz CT molecular complexity index is 1100. The van der Waals surface area contributed by atoms with E-state index in [9.17, 15) is 8.78 Å². The number of benzene rings is 3. The van der Waals surface area contributed by atoms with Gasteiger partial charge in [-0.2, -0.15) is 0 Å². The average molecular weight is 451 g/mol. The summed E-state index contributed by atoms with van der Waals surface area (Å²) in [5.74, 6) is 0.974. The molecule has 0 radical (unpaired) electrons. The molecule has 0 saturated carbocycles. The predicted molar refractivity (Wildman–Crippen MR) is 122 cm³/mol. The average Bonchev–Trinajstić information content (AvgIpc) is 2.80. The number of aryl methyl sites for hydroxylation is 1. The highest BCUT2D eigenvalue weighted by Gasteiger charge is 2.16. The molecule has 4 rings (SSSR count). The van der Waals surface area contributed by atoms with E-state index in [2.05, 4.69) is 4.57 Å². The number of ether oxygens (including phenoxy) is 1. The van der Waals surface area contributed by atoms with Crippen molar-refractivity contribution in [3.05, 3.63) is 125 Å². The molecule has 0 bridgehead atoms. The second-order valence-electron chi connectivity index (χ2n) is 7.63. The van der Waals surface area contributed by atoms with E-state index in [0.29, 0.717) is 10.8 Å². The lowest BCUT2D eigenvalue weighted by Gasteiger charge is -2.17. The largest absolute Gasteiger partial charge is 0.457 e. The van der Waals surface area contributed by atoms with Crippen molar-refractivity contribution in [3.63, 3.8) is 0 Å². The molecule has 0 saturated heterocycles. The molecule has 4 aromatic rings. The van der Waals surface area contributed by atoms with Gasteiger partial charge < -0.3 is 4.74 Å². The van der Waals surface area contributed by atoms with Gasteiger partial charge in [-0.1, -0.05) is 41.9 Å². The molecule has 5 heteroatoms. The Morgan fingerprint density at radius 2 is 1.34 bits per heavy atom. The van der Waals surface area contributed by atoms with Crippen LogP contribution in [0.3, 0.4) is 0 Å². The molecule has 1 aromatic heterocycles. The number of nitrogens with zero attached hydrogens (tertiary/aromatic N) is 1. The number of hydrogen-bond donors (Lipinski definition) is 0. The van der Waals surface area contributed by atoms with Gasteiger partial charge in [0.2, 0.25) is 0 Å². The van der Waals surface area contributed by atoms with E-state index in [-0.39, 0.29) is 17.6 Å². The van der Waals surface area contributed by atoms with Crippen molar-refractivity contribution in [1.82, 2.24) is 0 Å². The van der Waals surface area contributed by atoms with Crippen LogP contribution in [0.1, 0.15) is 29.9 Å². The molecular weight excluding hydrogens is 428 g/mol. The summed E-state index contributed by atoms with van der Waals surface area (Å²) in [5, 5.41) is 0.630. The smallest absolute Gasteiger partial charge is 0.172 e. The molecule has 0 fully saturated rings. The first-order valence-electron chi connectivity index (χ1n) is 10.5. The molecule has 0 unspecified atom stereocenters. The normalized spacial score (nSPS) is 11.0. The molecule has 0 amide bonds. The minimum Gasteiger partial charge on any atom is -0.457 e. The first kappa shape index (κ1) is 22.0. The first-order valence-corrected chi connectivity index (χ1v) is 10.9. The second kappa shape index (κ2) is 10.4. The molecule has 32 heavy (non-hydrogen) atoms. The number of pyridine rings is 1. The summed E-state index contributed by atoms with van der Waals surface area (Å²) < 4.78 is 34.7. The Balaban J connectivity index is 1.40. The molecule has 162 valence electrons. The van der Waals surface area contributed by atoms with Crippen LogP contribution in [0.15, 0.2) is 97.3 Å². The van der Waals surface area contributed by atoms with Gasteiger partial charge in [-0.05, 0) is 60.0 Å². The summed E-state index contributed by atoms with van der Waals surface area (Å²) in [6.07, 6.45) is 5.71. The van der Waals surface area contributed by atoms with Gasteiger partial charge in [-0.25, -0.2) is 13.3 Å². The van der Waals surface area contributed by atoms with Gasteiger partial charge in [0.1, 0.15) is 29.7 Å². The summed E-state index contributed by atoms with van der Waals surface area (Å²) in [4.78, 5) is 0. The maximum Gasteiger partial charge on any atom is 0.172 e. The Morgan fingerprint density at radius 3 is 1.91 bits per heavy atom. The zero-order valence-electron chi connectivity index (χ0n) is 17.4. The third-order valence-electron chi connectivity index (χ3n) is 5.35. The summed E-state index contributed by atoms with van der Waals surface area (Å²) in [6, 6.07) is 24.2. The van der Waals surface area contributed by atoms with Crippen molar-refractivity contribution in [1.29, 1.82) is 0 Å². The van der Waals surface area contributed by atoms with Gasteiger partial charge in [0.25, 0.3) is 0 Å². The summed E-state index contributed by atoms with van der Waals surface area (Å²) in [7, 11) is 0. The maximum atomic E-state index is 13.4. The molecule has 0 aliphatic rings. The number of hydrogen-bond acceptors (Lipinski definition) is 1. The van der Waals surface area contributed by atoms with E-state index in [1.54, 1.807) is 36.4 Å². The minimum absolute atomic E-state index is 0.0715. The highest BCUT2D eigenvalue weighted by atomic mass is 35.5. The standard InChI is InChI=1S/C27H23ClF2NO/c28-22-3-1-4-26(19-22)32-25-14-17-31(18-15-25)16-2-5-27(20-6-10-23(29)11-7-20)21-8-12-24(30)13-9-21/h1,3-4,6-15,17-19,27H,2,5,16H2/q+1. The Labute approximate surface area is 191 Å². The fourth-order valence-electron chi connectivity index (χ4n) is 3.72. The van der Waals surface area contributed by atoms with Crippen LogP contribution >= 0.6 is 11.6 Å². The van der Waals surface area contributed by atoms with Gasteiger partial charge in [0.05, 0.1) is 0 Å². The summed E-state index contributed by atoms with van der Waals surface area (Å²) in [6.45, 7) is 0.816. The van der Waals surface area contributed by atoms with Crippen molar-refractivity contribution >= 4 is 11.6 Å². The van der Waals surface area contributed by atoms with Crippen LogP contribution in [0.2, 0.25) is 5.02 Å². The Kier molecular flexibility index (Phi) is 7.13. The van der Waals surface area contributed by atoms with Gasteiger partial charge >= 0.3 is 0 Å². The lowest BCUT2D eigenvalue weighted by molar-refractivity contribution is -0.697. The Hall–Kier alpha value is -3.24.